The van der Waals surface area contributed by atoms with Gasteiger partial charge in [0.05, 0.1) is 6.10 Å². The van der Waals surface area contributed by atoms with Gasteiger partial charge < -0.3 is 5.11 Å². The predicted molar refractivity (Wildman–Crippen MR) is 90.1 cm³/mol. The third-order valence-electron chi connectivity index (χ3n) is 4.18. The van der Waals surface area contributed by atoms with Gasteiger partial charge in [0.2, 0.25) is 0 Å². The maximum atomic E-state index is 10.9. The van der Waals surface area contributed by atoms with E-state index in [9.17, 15) is 5.11 Å². The molecule has 21 heavy (non-hydrogen) atoms. The van der Waals surface area contributed by atoms with Crippen LogP contribution in [0, 0.1) is 5.41 Å². The van der Waals surface area contributed by atoms with Gasteiger partial charge in [0.1, 0.15) is 0 Å². The molecular weight excluding hydrogens is 256 g/mol. The Labute approximate surface area is 126 Å². The second-order valence-electron chi connectivity index (χ2n) is 6.84. The molecule has 0 saturated carbocycles. The third kappa shape index (κ3) is 2.54. The molecule has 1 aliphatic carbocycles. The topological polar surface area (TPSA) is 20.2 Å². The Morgan fingerprint density at radius 3 is 2.48 bits per heavy atom. The number of hydrogen-bond donors (Lipinski definition) is 1. The zero-order valence-corrected chi connectivity index (χ0v) is 12.9. The van der Waals surface area contributed by atoms with Crippen molar-refractivity contribution in [1.82, 2.24) is 0 Å². The van der Waals surface area contributed by atoms with Crippen LogP contribution in [0.3, 0.4) is 0 Å². The molecule has 2 aromatic carbocycles. The Bertz CT molecular complexity index is 729. The molecule has 0 amide bonds. The first kappa shape index (κ1) is 14.1. The molecule has 1 N–H and O–H groups in total. The molecule has 0 fully saturated rings. The largest absolute Gasteiger partial charge is 0.388 e. The van der Waals surface area contributed by atoms with Gasteiger partial charge in [-0.1, -0.05) is 75.4 Å². The highest BCUT2D eigenvalue weighted by atomic mass is 16.3. The number of benzene rings is 2. The first-order chi connectivity index (χ1) is 9.98. The molecule has 0 spiro atoms. The summed E-state index contributed by atoms with van der Waals surface area (Å²) in [4.78, 5) is 0. The minimum atomic E-state index is -0.486. The molecule has 2 aromatic rings. The Hall–Kier alpha value is -1.86. The Morgan fingerprint density at radius 1 is 1.05 bits per heavy atom. The molecule has 1 atom stereocenters. The lowest BCUT2D eigenvalue weighted by Crippen LogP contribution is -2.19. The van der Waals surface area contributed by atoms with Gasteiger partial charge in [-0.05, 0) is 39.3 Å². The molecular formula is C20H22O. The summed E-state index contributed by atoms with van der Waals surface area (Å²) >= 11 is 0. The zero-order valence-electron chi connectivity index (χ0n) is 12.9. The fourth-order valence-corrected chi connectivity index (χ4v) is 2.95. The highest BCUT2D eigenvalue weighted by Gasteiger charge is 2.28. The summed E-state index contributed by atoms with van der Waals surface area (Å²) in [6.45, 7) is 6.26. The normalized spacial score (nSPS) is 16.3. The summed E-state index contributed by atoms with van der Waals surface area (Å²) in [5, 5.41) is 13.3. The molecule has 0 bridgehead atoms. The number of aliphatic hydroxyl groups is 1. The lowest BCUT2D eigenvalue weighted by molar-refractivity contribution is 0.0637. The van der Waals surface area contributed by atoms with Crippen molar-refractivity contribution in [2.24, 2.45) is 5.41 Å². The minimum absolute atomic E-state index is 0.189. The highest BCUT2D eigenvalue weighted by molar-refractivity contribution is 5.91. The molecule has 0 saturated heterocycles. The first-order valence-corrected chi connectivity index (χ1v) is 7.54. The number of aliphatic hydroxyl groups excluding tert-OH is 1. The van der Waals surface area contributed by atoms with Crippen molar-refractivity contribution in [3.8, 4) is 0 Å². The van der Waals surface area contributed by atoms with Gasteiger partial charge in [0.15, 0.2) is 0 Å². The van der Waals surface area contributed by atoms with Crippen molar-refractivity contribution in [2.45, 2.75) is 33.3 Å². The standard InChI is InChI=1S/C20H22O/c1-20(2,3)19(21)18-16-11-7-6-10-15(16)12-13-17(18)14-8-4-5-9-14/h4-8,10-13,19,21H,9H2,1-3H3. The van der Waals surface area contributed by atoms with Crippen LogP contribution in [0.2, 0.25) is 0 Å². The van der Waals surface area contributed by atoms with Crippen LogP contribution in [0.15, 0.2) is 54.6 Å². The van der Waals surface area contributed by atoms with E-state index in [-0.39, 0.29) is 5.41 Å². The molecule has 0 heterocycles. The van der Waals surface area contributed by atoms with E-state index >= 15 is 0 Å². The van der Waals surface area contributed by atoms with Crippen LogP contribution >= 0.6 is 0 Å². The lowest BCUT2D eigenvalue weighted by Gasteiger charge is -2.29. The molecule has 1 heteroatoms. The zero-order chi connectivity index (χ0) is 15.0. The summed E-state index contributed by atoms with van der Waals surface area (Å²) in [7, 11) is 0. The van der Waals surface area contributed by atoms with Crippen molar-refractivity contribution >= 4 is 16.3 Å². The maximum Gasteiger partial charge on any atom is 0.0850 e. The number of rotatable bonds is 2. The molecule has 3 rings (SSSR count). The second-order valence-corrected chi connectivity index (χ2v) is 6.84. The SMILES string of the molecule is CC(C)(C)C(O)c1c(C2=CC=CC2)ccc2ccccc12. The van der Waals surface area contributed by atoms with E-state index in [4.69, 9.17) is 0 Å². The van der Waals surface area contributed by atoms with Crippen LogP contribution in [0.1, 0.15) is 44.4 Å². The van der Waals surface area contributed by atoms with Crippen LogP contribution in [-0.4, -0.2) is 5.11 Å². The quantitative estimate of drug-likeness (QED) is 0.794. The van der Waals surface area contributed by atoms with Crippen molar-refractivity contribution in [2.75, 3.05) is 0 Å². The van der Waals surface area contributed by atoms with Crippen molar-refractivity contribution < 1.29 is 5.11 Å². The number of fused-ring (bicyclic) bond motifs is 1. The van der Waals surface area contributed by atoms with Gasteiger partial charge in [-0.3, -0.25) is 0 Å². The van der Waals surface area contributed by atoms with Crippen LogP contribution in [0.25, 0.3) is 16.3 Å². The number of hydrogen-bond acceptors (Lipinski definition) is 1. The molecule has 1 unspecified atom stereocenters. The van der Waals surface area contributed by atoms with Gasteiger partial charge in [-0.2, -0.15) is 0 Å². The van der Waals surface area contributed by atoms with Crippen LogP contribution in [-0.2, 0) is 0 Å². The Morgan fingerprint density at radius 2 is 1.81 bits per heavy atom. The average molecular weight is 278 g/mol. The van der Waals surface area contributed by atoms with Gasteiger partial charge in [-0.25, -0.2) is 0 Å². The first-order valence-electron chi connectivity index (χ1n) is 7.54. The van der Waals surface area contributed by atoms with Crippen molar-refractivity contribution in [1.29, 1.82) is 0 Å². The average Bonchev–Trinajstić information content (AvgIpc) is 2.98. The molecule has 0 aromatic heterocycles. The number of allylic oxidation sites excluding steroid dienone is 4. The van der Waals surface area contributed by atoms with E-state index in [1.807, 2.05) is 12.1 Å². The van der Waals surface area contributed by atoms with E-state index in [1.165, 1.54) is 16.5 Å². The van der Waals surface area contributed by atoms with Crippen molar-refractivity contribution in [3.63, 3.8) is 0 Å². The fraction of sp³-hybridized carbons (Fsp3) is 0.300. The Balaban J connectivity index is 2.28. The van der Waals surface area contributed by atoms with Crippen LogP contribution < -0.4 is 0 Å². The smallest absolute Gasteiger partial charge is 0.0850 e. The molecule has 1 nitrogen and oxygen atoms in total. The summed E-state index contributed by atoms with van der Waals surface area (Å²) in [6, 6.07) is 12.6. The summed E-state index contributed by atoms with van der Waals surface area (Å²) in [5.41, 5.74) is 3.35. The minimum Gasteiger partial charge on any atom is -0.388 e. The maximum absolute atomic E-state index is 10.9. The van der Waals surface area contributed by atoms with Gasteiger partial charge in [0, 0.05) is 0 Å². The lowest BCUT2D eigenvalue weighted by atomic mass is 9.79. The third-order valence-corrected chi connectivity index (χ3v) is 4.18. The molecule has 108 valence electrons. The Kier molecular flexibility index (Phi) is 3.46. The van der Waals surface area contributed by atoms with E-state index in [0.29, 0.717) is 0 Å². The van der Waals surface area contributed by atoms with Gasteiger partial charge >= 0.3 is 0 Å². The second kappa shape index (κ2) is 5.16. The van der Waals surface area contributed by atoms with E-state index in [2.05, 4.69) is 63.3 Å². The molecule has 1 aliphatic rings. The molecule has 0 radical (unpaired) electrons. The molecule has 0 aliphatic heterocycles. The van der Waals surface area contributed by atoms with Crippen LogP contribution in [0.5, 0.6) is 0 Å². The van der Waals surface area contributed by atoms with Gasteiger partial charge in [-0.15, -0.1) is 0 Å². The van der Waals surface area contributed by atoms with Crippen molar-refractivity contribution in [3.05, 3.63) is 65.8 Å². The van der Waals surface area contributed by atoms with E-state index in [0.717, 1.165) is 17.4 Å². The summed E-state index contributed by atoms with van der Waals surface area (Å²) in [5.74, 6) is 0. The monoisotopic (exact) mass is 278 g/mol. The van der Waals surface area contributed by atoms with E-state index in [1.54, 1.807) is 0 Å². The van der Waals surface area contributed by atoms with E-state index < -0.39 is 6.10 Å². The fourth-order valence-electron chi connectivity index (χ4n) is 2.95. The van der Waals surface area contributed by atoms with Gasteiger partial charge in [0.25, 0.3) is 0 Å². The summed E-state index contributed by atoms with van der Waals surface area (Å²) < 4.78 is 0. The van der Waals surface area contributed by atoms with Crippen LogP contribution in [0.4, 0.5) is 0 Å². The summed E-state index contributed by atoms with van der Waals surface area (Å²) in [6.07, 6.45) is 6.88. The highest BCUT2D eigenvalue weighted by Crippen LogP contribution is 2.41. The predicted octanol–water partition coefficient (Wildman–Crippen LogP) is 5.26.